The monoisotopic (exact) mass is 260 g/mol. The van der Waals surface area contributed by atoms with Crippen molar-refractivity contribution in [3.05, 3.63) is 40.4 Å². The van der Waals surface area contributed by atoms with Gasteiger partial charge in [0.2, 0.25) is 0 Å². The number of hydrogen-bond acceptors (Lipinski definition) is 4. The van der Waals surface area contributed by atoms with E-state index in [0.29, 0.717) is 16.1 Å². The van der Waals surface area contributed by atoms with Crippen molar-refractivity contribution in [3.63, 3.8) is 0 Å². The largest absolute Gasteiger partial charge is 0.366 e. The van der Waals surface area contributed by atoms with Gasteiger partial charge in [-0.15, -0.1) is 11.3 Å². The highest BCUT2D eigenvalue weighted by Crippen LogP contribution is 2.29. The maximum Gasteiger partial charge on any atom is 0.250 e. The topological polar surface area (TPSA) is 73.1 Å². The van der Waals surface area contributed by atoms with Gasteiger partial charge >= 0.3 is 0 Å². The molecule has 2 rings (SSSR count). The van der Waals surface area contributed by atoms with Crippen LogP contribution in [0.15, 0.2) is 24.3 Å². The standard InChI is InChI=1S/C13H12N2O2S/c1-7-3-4-9(13(14)17)12(15-7)11-6-5-10(18-11)8(2)16/h3-6H,1-2H3,(H2,14,17). The molecule has 0 bridgehead atoms. The number of carbonyl (C=O) groups excluding carboxylic acids is 2. The lowest BCUT2D eigenvalue weighted by Crippen LogP contribution is -2.13. The summed E-state index contributed by atoms with van der Waals surface area (Å²) in [6.45, 7) is 3.35. The van der Waals surface area contributed by atoms with E-state index in [2.05, 4.69) is 4.98 Å². The van der Waals surface area contributed by atoms with Crippen LogP contribution in [-0.2, 0) is 0 Å². The zero-order valence-electron chi connectivity index (χ0n) is 10.1. The minimum Gasteiger partial charge on any atom is -0.366 e. The number of amides is 1. The van der Waals surface area contributed by atoms with E-state index in [4.69, 9.17) is 5.73 Å². The summed E-state index contributed by atoms with van der Waals surface area (Å²) in [5.74, 6) is -0.519. The fourth-order valence-corrected chi connectivity index (χ4v) is 2.50. The Hall–Kier alpha value is -2.01. The number of Topliss-reactive ketones (excluding diaryl/α,β-unsaturated/α-hetero) is 1. The van der Waals surface area contributed by atoms with Gasteiger partial charge in [-0.05, 0) is 38.1 Å². The van der Waals surface area contributed by atoms with Crippen LogP contribution < -0.4 is 5.73 Å². The number of ketones is 1. The van der Waals surface area contributed by atoms with Crippen LogP contribution in [0.3, 0.4) is 0 Å². The van der Waals surface area contributed by atoms with Crippen LogP contribution in [0.5, 0.6) is 0 Å². The summed E-state index contributed by atoms with van der Waals surface area (Å²) in [5.41, 5.74) is 7.04. The predicted molar refractivity (Wildman–Crippen MR) is 70.8 cm³/mol. The summed E-state index contributed by atoms with van der Waals surface area (Å²) in [4.78, 5) is 28.4. The summed E-state index contributed by atoms with van der Waals surface area (Å²) < 4.78 is 0. The van der Waals surface area contributed by atoms with E-state index in [1.807, 2.05) is 6.92 Å². The Morgan fingerprint density at radius 1 is 1.22 bits per heavy atom. The Kier molecular flexibility index (Phi) is 3.25. The summed E-state index contributed by atoms with van der Waals surface area (Å²) in [6, 6.07) is 6.92. The van der Waals surface area contributed by atoms with Gasteiger partial charge in [-0.3, -0.25) is 14.6 Å². The SMILES string of the molecule is CC(=O)c1ccc(-c2nc(C)ccc2C(N)=O)s1. The third-order valence-electron chi connectivity index (χ3n) is 2.49. The highest BCUT2D eigenvalue weighted by molar-refractivity contribution is 7.17. The fraction of sp³-hybridized carbons (Fsp3) is 0.154. The van der Waals surface area contributed by atoms with Gasteiger partial charge in [-0.1, -0.05) is 0 Å². The second kappa shape index (κ2) is 4.70. The van der Waals surface area contributed by atoms with Gasteiger partial charge in [0.05, 0.1) is 21.0 Å². The van der Waals surface area contributed by atoms with Crippen molar-refractivity contribution in [3.8, 4) is 10.6 Å². The molecular weight excluding hydrogens is 248 g/mol. The molecule has 18 heavy (non-hydrogen) atoms. The van der Waals surface area contributed by atoms with Crippen molar-refractivity contribution < 1.29 is 9.59 Å². The van der Waals surface area contributed by atoms with Gasteiger partial charge in [0.25, 0.3) is 5.91 Å². The first-order valence-electron chi connectivity index (χ1n) is 5.37. The number of thiophene rings is 1. The molecular formula is C13H12N2O2S. The lowest BCUT2D eigenvalue weighted by Gasteiger charge is -2.04. The number of rotatable bonds is 3. The molecule has 5 heteroatoms. The van der Waals surface area contributed by atoms with E-state index in [-0.39, 0.29) is 5.78 Å². The highest BCUT2D eigenvalue weighted by Gasteiger charge is 2.14. The van der Waals surface area contributed by atoms with Gasteiger partial charge in [0.15, 0.2) is 5.78 Å². The number of nitrogens with zero attached hydrogens (tertiary/aromatic N) is 1. The first kappa shape index (κ1) is 12.4. The molecule has 2 aromatic heterocycles. The fourth-order valence-electron chi connectivity index (χ4n) is 1.60. The average Bonchev–Trinajstić information content (AvgIpc) is 2.77. The molecule has 1 amide bonds. The molecule has 2 heterocycles. The van der Waals surface area contributed by atoms with E-state index in [1.54, 1.807) is 24.3 Å². The highest BCUT2D eigenvalue weighted by atomic mass is 32.1. The Bertz CT molecular complexity index is 632. The van der Waals surface area contributed by atoms with Crippen LogP contribution in [0.1, 0.15) is 32.6 Å². The smallest absolute Gasteiger partial charge is 0.250 e. The van der Waals surface area contributed by atoms with Crippen LogP contribution in [0.4, 0.5) is 0 Å². The van der Waals surface area contributed by atoms with Crippen LogP contribution in [0, 0.1) is 6.92 Å². The Morgan fingerprint density at radius 2 is 1.94 bits per heavy atom. The molecule has 0 atom stereocenters. The molecule has 2 aromatic rings. The minimum absolute atomic E-state index is 0.000437. The molecule has 0 aliphatic carbocycles. The van der Waals surface area contributed by atoms with E-state index in [0.717, 1.165) is 10.6 Å². The zero-order chi connectivity index (χ0) is 13.3. The van der Waals surface area contributed by atoms with Gasteiger partial charge in [0, 0.05) is 5.69 Å². The van der Waals surface area contributed by atoms with Crippen molar-refractivity contribution >= 4 is 23.0 Å². The van der Waals surface area contributed by atoms with Crippen molar-refractivity contribution in [1.82, 2.24) is 4.98 Å². The molecule has 0 aliphatic rings. The quantitative estimate of drug-likeness (QED) is 0.861. The van der Waals surface area contributed by atoms with Crippen LogP contribution in [-0.4, -0.2) is 16.7 Å². The van der Waals surface area contributed by atoms with E-state index < -0.39 is 5.91 Å². The molecule has 0 aliphatic heterocycles. The van der Waals surface area contributed by atoms with Crippen molar-refractivity contribution in [2.45, 2.75) is 13.8 Å². The zero-order valence-corrected chi connectivity index (χ0v) is 10.9. The molecule has 4 nitrogen and oxygen atoms in total. The summed E-state index contributed by atoms with van der Waals surface area (Å²) in [7, 11) is 0. The van der Waals surface area contributed by atoms with Crippen molar-refractivity contribution in [1.29, 1.82) is 0 Å². The third-order valence-corrected chi connectivity index (χ3v) is 3.68. The van der Waals surface area contributed by atoms with E-state index in [1.165, 1.54) is 18.3 Å². The summed E-state index contributed by atoms with van der Waals surface area (Å²) in [6.07, 6.45) is 0. The third kappa shape index (κ3) is 2.31. The second-order valence-electron chi connectivity index (χ2n) is 3.93. The summed E-state index contributed by atoms with van der Waals surface area (Å²) in [5, 5.41) is 0. The molecule has 92 valence electrons. The van der Waals surface area contributed by atoms with Gasteiger partial charge < -0.3 is 5.73 Å². The Labute approximate surface area is 108 Å². The average molecular weight is 260 g/mol. The molecule has 0 saturated carbocycles. The maximum absolute atomic E-state index is 11.4. The minimum atomic E-state index is -0.518. The molecule has 0 aromatic carbocycles. The molecule has 0 radical (unpaired) electrons. The van der Waals surface area contributed by atoms with E-state index in [9.17, 15) is 9.59 Å². The van der Waals surface area contributed by atoms with Crippen molar-refractivity contribution in [2.24, 2.45) is 5.73 Å². The summed E-state index contributed by atoms with van der Waals surface area (Å²) >= 11 is 1.31. The number of aromatic nitrogens is 1. The first-order chi connectivity index (χ1) is 8.49. The molecule has 0 saturated heterocycles. The Morgan fingerprint density at radius 3 is 2.50 bits per heavy atom. The number of nitrogens with two attached hydrogens (primary N) is 1. The molecule has 2 N–H and O–H groups in total. The molecule has 0 unspecified atom stereocenters. The normalized spacial score (nSPS) is 10.3. The first-order valence-corrected chi connectivity index (χ1v) is 6.19. The lowest BCUT2D eigenvalue weighted by atomic mass is 10.1. The van der Waals surface area contributed by atoms with Gasteiger partial charge in [0.1, 0.15) is 0 Å². The second-order valence-corrected chi connectivity index (χ2v) is 5.02. The number of aryl methyl sites for hydroxylation is 1. The van der Waals surface area contributed by atoms with Crippen molar-refractivity contribution in [2.75, 3.05) is 0 Å². The van der Waals surface area contributed by atoms with Crippen LogP contribution in [0.25, 0.3) is 10.6 Å². The number of carbonyl (C=O) groups is 2. The van der Waals surface area contributed by atoms with Crippen LogP contribution in [0.2, 0.25) is 0 Å². The van der Waals surface area contributed by atoms with E-state index >= 15 is 0 Å². The molecule has 0 fully saturated rings. The number of hydrogen-bond donors (Lipinski definition) is 1. The molecule has 0 spiro atoms. The maximum atomic E-state index is 11.4. The number of primary amides is 1. The van der Waals surface area contributed by atoms with Gasteiger partial charge in [-0.2, -0.15) is 0 Å². The Balaban J connectivity index is 2.57. The predicted octanol–water partition coefficient (Wildman–Crippen LogP) is 2.42. The lowest BCUT2D eigenvalue weighted by molar-refractivity contribution is 0.0997. The van der Waals surface area contributed by atoms with Crippen LogP contribution >= 0.6 is 11.3 Å². The number of pyridine rings is 1. The van der Waals surface area contributed by atoms with Gasteiger partial charge in [-0.25, -0.2) is 0 Å².